The Hall–Kier alpha value is -1.36. The molecule has 5 heteroatoms. The summed E-state index contributed by atoms with van der Waals surface area (Å²) in [6.45, 7) is 2.12. The van der Waals surface area contributed by atoms with Crippen molar-refractivity contribution in [2.45, 2.75) is 6.92 Å². The third-order valence-corrected chi connectivity index (χ3v) is 1.77. The van der Waals surface area contributed by atoms with Crippen LogP contribution < -0.4 is 11.1 Å². The molecule has 0 fully saturated rings. The number of hydrogen-bond donors (Lipinski definition) is 2. The first-order chi connectivity index (χ1) is 6.13. The molecule has 0 bridgehead atoms. The predicted octanol–water partition coefficient (Wildman–Crippen LogP) is -0.0466. The highest BCUT2D eigenvalue weighted by atomic mass is 16.1. The molecule has 0 saturated carbocycles. The van der Waals surface area contributed by atoms with Crippen molar-refractivity contribution in [1.82, 2.24) is 9.78 Å². The Bertz CT molecular complexity index is 294. The van der Waals surface area contributed by atoms with Crippen molar-refractivity contribution in [3.05, 3.63) is 12.3 Å². The average Bonchev–Trinajstić information content (AvgIpc) is 2.49. The van der Waals surface area contributed by atoms with Crippen LogP contribution in [0, 0.1) is 5.92 Å². The molecule has 0 saturated heterocycles. The third-order valence-electron chi connectivity index (χ3n) is 1.77. The van der Waals surface area contributed by atoms with E-state index in [2.05, 4.69) is 10.4 Å². The average molecular weight is 182 g/mol. The monoisotopic (exact) mass is 182 g/mol. The first kappa shape index (κ1) is 9.73. The van der Waals surface area contributed by atoms with Crippen LogP contribution in [-0.2, 0) is 11.8 Å². The van der Waals surface area contributed by atoms with E-state index in [9.17, 15) is 4.79 Å². The van der Waals surface area contributed by atoms with Crippen LogP contribution in [0.2, 0.25) is 0 Å². The summed E-state index contributed by atoms with van der Waals surface area (Å²) in [5, 5.41) is 6.67. The number of nitrogens with one attached hydrogen (secondary N) is 1. The molecule has 1 amide bonds. The van der Waals surface area contributed by atoms with Crippen LogP contribution in [0.4, 0.5) is 5.82 Å². The minimum absolute atomic E-state index is 0.0961. The Kier molecular flexibility index (Phi) is 3.02. The summed E-state index contributed by atoms with van der Waals surface area (Å²) in [4.78, 5) is 11.3. The number of rotatable bonds is 3. The molecule has 0 radical (unpaired) electrons. The lowest BCUT2D eigenvalue weighted by atomic mass is 10.2. The number of nitrogens with zero attached hydrogens (tertiary/aromatic N) is 2. The number of nitrogens with two attached hydrogens (primary N) is 1. The predicted molar refractivity (Wildman–Crippen MR) is 50.1 cm³/mol. The highest BCUT2D eigenvalue weighted by molar-refractivity contribution is 5.91. The second-order valence-electron chi connectivity index (χ2n) is 3.00. The SMILES string of the molecule is CC(CN)C(=O)Nc1ccn(C)n1. The highest BCUT2D eigenvalue weighted by Gasteiger charge is 2.11. The van der Waals surface area contributed by atoms with E-state index in [0.29, 0.717) is 12.4 Å². The van der Waals surface area contributed by atoms with E-state index in [4.69, 9.17) is 5.73 Å². The second kappa shape index (κ2) is 4.04. The Morgan fingerprint density at radius 2 is 2.54 bits per heavy atom. The van der Waals surface area contributed by atoms with Crippen molar-refractivity contribution in [2.24, 2.45) is 18.7 Å². The van der Waals surface area contributed by atoms with Gasteiger partial charge in [-0.15, -0.1) is 0 Å². The summed E-state index contributed by atoms with van der Waals surface area (Å²) in [5.74, 6) is 0.288. The van der Waals surface area contributed by atoms with Gasteiger partial charge in [0.1, 0.15) is 0 Å². The minimum Gasteiger partial charge on any atom is -0.330 e. The molecule has 0 aliphatic rings. The Morgan fingerprint density at radius 1 is 1.85 bits per heavy atom. The number of anilines is 1. The first-order valence-corrected chi connectivity index (χ1v) is 4.14. The van der Waals surface area contributed by atoms with Gasteiger partial charge >= 0.3 is 0 Å². The zero-order valence-electron chi connectivity index (χ0n) is 7.82. The summed E-state index contributed by atoms with van der Waals surface area (Å²) in [7, 11) is 1.79. The number of carbonyl (C=O) groups is 1. The van der Waals surface area contributed by atoms with Gasteiger partial charge in [0.2, 0.25) is 5.91 Å². The first-order valence-electron chi connectivity index (χ1n) is 4.14. The van der Waals surface area contributed by atoms with Crippen LogP contribution in [0.5, 0.6) is 0 Å². The number of hydrogen-bond acceptors (Lipinski definition) is 3. The molecule has 0 aliphatic carbocycles. The largest absolute Gasteiger partial charge is 0.330 e. The van der Waals surface area contributed by atoms with Gasteiger partial charge in [0, 0.05) is 31.8 Å². The van der Waals surface area contributed by atoms with E-state index in [1.807, 2.05) is 0 Å². The van der Waals surface area contributed by atoms with Crippen molar-refractivity contribution in [3.8, 4) is 0 Å². The number of amides is 1. The molecule has 1 heterocycles. The van der Waals surface area contributed by atoms with Crippen molar-refractivity contribution in [3.63, 3.8) is 0 Å². The molecule has 1 rings (SSSR count). The lowest BCUT2D eigenvalue weighted by molar-refractivity contribution is -0.119. The standard InChI is InChI=1S/C8H14N4O/c1-6(5-9)8(13)10-7-3-4-12(2)11-7/h3-4,6H,5,9H2,1-2H3,(H,10,11,13). The normalized spacial score (nSPS) is 12.5. The Labute approximate surface area is 76.9 Å². The fourth-order valence-electron chi connectivity index (χ4n) is 0.838. The van der Waals surface area contributed by atoms with Crippen LogP contribution in [0.15, 0.2) is 12.3 Å². The fourth-order valence-corrected chi connectivity index (χ4v) is 0.838. The molecule has 1 aromatic rings. The van der Waals surface area contributed by atoms with E-state index in [1.165, 1.54) is 0 Å². The van der Waals surface area contributed by atoms with Crippen molar-refractivity contribution in [1.29, 1.82) is 0 Å². The summed E-state index contributed by atoms with van der Waals surface area (Å²) in [6.07, 6.45) is 1.77. The van der Waals surface area contributed by atoms with Gasteiger partial charge in [-0.05, 0) is 0 Å². The molecule has 13 heavy (non-hydrogen) atoms. The molecular formula is C8H14N4O. The Balaban J connectivity index is 2.54. The number of carbonyl (C=O) groups excluding carboxylic acids is 1. The topological polar surface area (TPSA) is 72.9 Å². The minimum atomic E-state index is -0.179. The van der Waals surface area contributed by atoms with Crippen LogP contribution in [-0.4, -0.2) is 22.2 Å². The lowest BCUT2D eigenvalue weighted by Crippen LogP contribution is -2.26. The van der Waals surface area contributed by atoms with Gasteiger partial charge in [-0.25, -0.2) is 0 Å². The van der Waals surface area contributed by atoms with Crippen molar-refractivity contribution in [2.75, 3.05) is 11.9 Å². The fraction of sp³-hybridized carbons (Fsp3) is 0.500. The second-order valence-corrected chi connectivity index (χ2v) is 3.00. The van der Waals surface area contributed by atoms with Gasteiger partial charge in [0.15, 0.2) is 5.82 Å². The smallest absolute Gasteiger partial charge is 0.229 e. The molecule has 3 N–H and O–H groups in total. The van der Waals surface area contributed by atoms with Crippen molar-refractivity contribution >= 4 is 11.7 Å². The molecular weight excluding hydrogens is 168 g/mol. The van der Waals surface area contributed by atoms with Gasteiger partial charge in [-0.3, -0.25) is 9.48 Å². The van der Waals surface area contributed by atoms with Gasteiger partial charge in [-0.1, -0.05) is 6.92 Å². The molecule has 0 aromatic carbocycles. The van der Waals surface area contributed by atoms with Crippen LogP contribution in [0.25, 0.3) is 0 Å². The molecule has 0 spiro atoms. The quantitative estimate of drug-likeness (QED) is 0.688. The Morgan fingerprint density at radius 3 is 3.00 bits per heavy atom. The molecule has 1 unspecified atom stereocenters. The van der Waals surface area contributed by atoms with Crippen LogP contribution in [0.1, 0.15) is 6.92 Å². The maximum absolute atomic E-state index is 11.3. The third kappa shape index (κ3) is 2.55. The molecule has 1 atom stereocenters. The van der Waals surface area contributed by atoms with Gasteiger partial charge in [0.05, 0.1) is 0 Å². The lowest BCUT2D eigenvalue weighted by Gasteiger charge is -2.06. The van der Waals surface area contributed by atoms with Crippen LogP contribution >= 0.6 is 0 Å². The van der Waals surface area contributed by atoms with Crippen molar-refractivity contribution < 1.29 is 4.79 Å². The maximum Gasteiger partial charge on any atom is 0.229 e. The van der Waals surface area contributed by atoms with E-state index in [0.717, 1.165) is 0 Å². The van der Waals surface area contributed by atoms with Crippen LogP contribution in [0.3, 0.4) is 0 Å². The molecule has 5 nitrogen and oxygen atoms in total. The van der Waals surface area contributed by atoms with Gasteiger partial charge in [-0.2, -0.15) is 5.10 Å². The molecule has 1 aromatic heterocycles. The van der Waals surface area contributed by atoms with Gasteiger partial charge in [0.25, 0.3) is 0 Å². The highest BCUT2D eigenvalue weighted by Crippen LogP contribution is 2.03. The summed E-state index contributed by atoms with van der Waals surface area (Å²) >= 11 is 0. The van der Waals surface area contributed by atoms with E-state index in [-0.39, 0.29) is 11.8 Å². The number of aryl methyl sites for hydroxylation is 1. The summed E-state index contributed by atoms with van der Waals surface area (Å²) < 4.78 is 1.63. The summed E-state index contributed by atoms with van der Waals surface area (Å²) in [6, 6.07) is 1.74. The zero-order valence-corrected chi connectivity index (χ0v) is 7.82. The van der Waals surface area contributed by atoms with E-state index < -0.39 is 0 Å². The molecule has 0 aliphatic heterocycles. The zero-order chi connectivity index (χ0) is 9.84. The number of aromatic nitrogens is 2. The maximum atomic E-state index is 11.3. The molecule has 72 valence electrons. The summed E-state index contributed by atoms with van der Waals surface area (Å²) in [5.41, 5.74) is 5.35. The van der Waals surface area contributed by atoms with E-state index in [1.54, 1.807) is 30.9 Å². The van der Waals surface area contributed by atoms with E-state index >= 15 is 0 Å². The van der Waals surface area contributed by atoms with Gasteiger partial charge < -0.3 is 11.1 Å².